The Morgan fingerprint density at radius 1 is 1.33 bits per heavy atom. The highest BCUT2D eigenvalue weighted by atomic mass is 32.2. The van der Waals surface area contributed by atoms with Crippen LogP contribution in [0, 0.1) is 13.8 Å². The Bertz CT molecular complexity index is 716. The van der Waals surface area contributed by atoms with Crippen LogP contribution in [0.3, 0.4) is 0 Å². The van der Waals surface area contributed by atoms with Gasteiger partial charge in [0.1, 0.15) is 0 Å². The van der Waals surface area contributed by atoms with Crippen LogP contribution in [0.4, 0.5) is 0 Å². The van der Waals surface area contributed by atoms with E-state index in [-0.39, 0.29) is 10.8 Å². The number of sulfonamides is 1. The molecular formula is C17H27N3O3S. The molecular weight excluding hydrogens is 326 g/mol. The van der Waals surface area contributed by atoms with Crippen molar-refractivity contribution in [2.45, 2.75) is 44.6 Å². The molecule has 1 fully saturated rings. The standard InChI is InChI=1S/C17H27N3O3S/c1-5-20-8-6-7-15(20)11-19-17(21)14-9-12(2)13(3)16(10-14)24(22,23)18-4/h9-10,15,18H,5-8,11H2,1-4H3,(H,19,21). The normalized spacial score (nSPS) is 18.8. The van der Waals surface area contributed by atoms with Gasteiger partial charge in [0.15, 0.2) is 0 Å². The summed E-state index contributed by atoms with van der Waals surface area (Å²) in [6.45, 7) is 8.33. The van der Waals surface area contributed by atoms with Gasteiger partial charge in [0.25, 0.3) is 5.91 Å². The van der Waals surface area contributed by atoms with Crippen LogP contribution >= 0.6 is 0 Å². The lowest BCUT2D eigenvalue weighted by Crippen LogP contribution is -2.40. The van der Waals surface area contributed by atoms with Gasteiger partial charge in [0.2, 0.25) is 10.0 Å². The van der Waals surface area contributed by atoms with Crippen LogP contribution in [0.15, 0.2) is 17.0 Å². The minimum Gasteiger partial charge on any atom is -0.350 e. The Hall–Kier alpha value is -1.44. The molecule has 7 heteroatoms. The van der Waals surface area contributed by atoms with Crippen molar-refractivity contribution in [3.8, 4) is 0 Å². The van der Waals surface area contributed by atoms with E-state index in [1.54, 1.807) is 13.0 Å². The van der Waals surface area contributed by atoms with Crippen molar-refractivity contribution in [3.05, 3.63) is 28.8 Å². The number of carbonyl (C=O) groups is 1. The van der Waals surface area contributed by atoms with Gasteiger partial charge >= 0.3 is 0 Å². The number of benzene rings is 1. The number of nitrogens with one attached hydrogen (secondary N) is 2. The molecule has 1 heterocycles. The Kier molecular flexibility index (Phi) is 6.01. The maximum absolute atomic E-state index is 12.5. The molecule has 1 saturated heterocycles. The number of hydrogen-bond acceptors (Lipinski definition) is 4. The van der Waals surface area contributed by atoms with Crippen LogP contribution in [-0.4, -0.2) is 51.9 Å². The summed E-state index contributed by atoms with van der Waals surface area (Å²) in [7, 11) is -2.22. The minimum absolute atomic E-state index is 0.159. The number of carbonyl (C=O) groups excluding carboxylic acids is 1. The van der Waals surface area contributed by atoms with E-state index in [0.29, 0.717) is 23.7 Å². The Morgan fingerprint density at radius 3 is 2.67 bits per heavy atom. The van der Waals surface area contributed by atoms with Crippen molar-refractivity contribution in [1.82, 2.24) is 14.9 Å². The van der Waals surface area contributed by atoms with Crippen LogP contribution < -0.4 is 10.0 Å². The molecule has 1 aromatic rings. The molecule has 2 N–H and O–H groups in total. The first-order chi connectivity index (χ1) is 11.3. The largest absolute Gasteiger partial charge is 0.350 e. The van der Waals surface area contributed by atoms with Gasteiger partial charge in [-0.15, -0.1) is 0 Å². The van der Waals surface area contributed by atoms with Gasteiger partial charge in [-0.2, -0.15) is 0 Å². The number of likely N-dealkylation sites (N-methyl/N-ethyl adjacent to an activating group) is 1. The summed E-state index contributed by atoms with van der Waals surface area (Å²) in [6, 6.07) is 3.56. The molecule has 0 bridgehead atoms. The second-order valence-corrected chi connectivity index (χ2v) is 8.11. The van der Waals surface area contributed by atoms with Crippen molar-refractivity contribution >= 4 is 15.9 Å². The van der Waals surface area contributed by atoms with E-state index in [0.717, 1.165) is 31.5 Å². The summed E-state index contributed by atoms with van der Waals surface area (Å²) in [5, 5.41) is 2.95. The van der Waals surface area contributed by atoms with Crippen LogP contribution in [0.2, 0.25) is 0 Å². The zero-order chi connectivity index (χ0) is 17.9. The highest BCUT2D eigenvalue weighted by molar-refractivity contribution is 7.89. The third-order valence-electron chi connectivity index (χ3n) is 4.84. The lowest BCUT2D eigenvalue weighted by atomic mass is 10.1. The van der Waals surface area contributed by atoms with Crippen molar-refractivity contribution in [1.29, 1.82) is 0 Å². The maximum Gasteiger partial charge on any atom is 0.251 e. The predicted molar refractivity (Wildman–Crippen MR) is 94.8 cm³/mol. The van der Waals surface area contributed by atoms with Crippen LogP contribution in [0.5, 0.6) is 0 Å². The predicted octanol–water partition coefficient (Wildman–Crippen LogP) is 1.43. The second kappa shape index (κ2) is 7.63. The van der Waals surface area contributed by atoms with Gasteiger partial charge in [-0.3, -0.25) is 9.69 Å². The molecule has 1 unspecified atom stereocenters. The van der Waals surface area contributed by atoms with E-state index < -0.39 is 10.0 Å². The van der Waals surface area contributed by atoms with Gasteiger partial charge in [0.05, 0.1) is 4.90 Å². The summed E-state index contributed by atoms with van der Waals surface area (Å²) in [4.78, 5) is 15.0. The minimum atomic E-state index is -3.59. The molecule has 1 aliphatic rings. The monoisotopic (exact) mass is 353 g/mol. The van der Waals surface area contributed by atoms with E-state index in [1.807, 2.05) is 6.92 Å². The third-order valence-corrected chi connectivity index (χ3v) is 6.38. The molecule has 2 rings (SSSR count). The molecule has 1 aliphatic heterocycles. The summed E-state index contributed by atoms with van der Waals surface area (Å²) in [5.74, 6) is -0.228. The molecule has 6 nitrogen and oxygen atoms in total. The van der Waals surface area contributed by atoms with E-state index in [1.165, 1.54) is 13.1 Å². The summed E-state index contributed by atoms with van der Waals surface area (Å²) < 4.78 is 26.6. The lowest BCUT2D eigenvalue weighted by molar-refractivity contribution is 0.0941. The summed E-state index contributed by atoms with van der Waals surface area (Å²) in [5.41, 5.74) is 1.83. The number of aryl methyl sites for hydroxylation is 1. The smallest absolute Gasteiger partial charge is 0.251 e. The Labute approximate surface area is 144 Å². The highest BCUT2D eigenvalue weighted by Crippen LogP contribution is 2.21. The zero-order valence-corrected chi connectivity index (χ0v) is 15.7. The van der Waals surface area contributed by atoms with Gasteiger partial charge < -0.3 is 5.32 Å². The van der Waals surface area contributed by atoms with Gasteiger partial charge in [-0.25, -0.2) is 13.1 Å². The highest BCUT2D eigenvalue weighted by Gasteiger charge is 2.24. The fourth-order valence-electron chi connectivity index (χ4n) is 3.20. The first kappa shape index (κ1) is 18.9. The number of likely N-dealkylation sites (tertiary alicyclic amines) is 1. The average molecular weight is 353 g/mol. The lowest BCUT2D eigenvalue weighted by Gasteiger charge is -2.23. The number of amides is 1. The van der Waals surface area contributed by atoms with Crippen molar-refractivity contribution in [3.63, 3.8) is 0 Å². The van der Waals surface area contributed by atoms with E-state index >= 15 is 0 Å². The number of hydrogen-bond donors (Lipinski definition) is 2. The van der Waals surface area contributed by atoms with E-state index in [9.17, 15) is 13.2 Å². The SMILES string of the molecule is CCN1CCCC1CNC(=O)c1cc(C)c(C)c(S(=O)(=O)NC)c1. The van der Waals surface area contributed by atoms with Crippen molar-refractivity contribution in [2.24, 2.45) is 0 Å². The fourth-order valence-corrected chi connectivity index (χ4v) is 4.27. The van der Waals surface area contributed by atoms with E-state index in [2.05, 4.69) is 21.9 Å². The van der Waals surface area contributed by atoms with E-state index in [4.69, 9.17) is 0 Å². The average Bonchev–Trinajstić information content (AvgIpc) is 3.02. The number of rotatable bonds is 6. The molecule has 0 aromatic heterocycles. The molecule has 1 atom stereocenters. The molecule has 134 valence electrons. The molecule has 0 aliphatic carbocycles. The summed E-state index contributed by atoms with van der Waals surface area (Å²) in [6.07, 6.45) is 2.24. The van der Waals surface area contributed by atoms with Crippen LogP contribution in [-0.2, 0) is 10.0 Å². The zero-order valence-electron chi connectivity index (χ0n) is 14.8. The molecule has 0 saturated carbocycles. The van der Waals surface area contributed by atoms with Gasteiger partial charge in [-0.1, -0.05) is 6.92 Å². The second-order valence-electron chi connectivity index (χ2n) is 6.26. The van der Waals surface area contributed by atoms with Gasteiger partial charge in [-0.05, 0) is 70.1 Å². The van der Waals surface area contributed by atoms with Gasteiger partial charge in [0, 0.05) is 18.2 Å². The maximum atomic E-state index is 12.5. The fraction of sp³-hybridized carbons (Fsp3) is 0.588. The molecule has 0 spiro atoms. The first-order valence-corrected chi connectivity index (χ1v) is 9.85. The third kappa shape index (κ3) is 3.96. The van der Waals surface area contributed by atoms with Crippen molar-refractivity contribution in [2.75, 3.05) is 26.7 Å². The number of nitrogens with zero attached hydrogens (tertiary/aromatic N) is 1. The van der Waals surface area contributed by atoms with Crippen molar-refractivity contribution < 1.29 is 13.2 Å². The molecule has 0 radical (unpaired) electrons. The summed E-state index contributed by atoms with van der Waals surface area (Å²) >= 11 is 0. The first-order valence-electron chi connectivity index (χ1n) is 8.37. The molecule has 1 aromatic carbocycles. The Balaban J connectivity index is 2.18. The van der Waals surface area contributed by atoms with Crippen LogP contribution in [0.25, 0.3) is 0 Å². The molecule has 1 amide bonds. The topological polar surface area (TPSA) is 78.5 Å². The van der Waals surface area contributed by atoms with Crippen LogP contribution in [0.1, 0.15) is 41.3 Å². The Morgan fingerprint density at radius 2 is 2.04 bits per heavy atom. The quantitative estimate of drug-likeness (QED) is 0.811. The molecule has 24 heavy (non-hydrogen) atoms.